The summed E-state index contributed by atoms with van der Waals surface area (Å²) in [6.45, 7) is 1.04. The lowest BCUT2D eigenvalue weighted by molar-refractivity contribution is -0.124. The third kappa shape index (κ3) is 2.95. The molecule has 0 spiro atoms. The average Bonchev–Trinajstić information content (AvgIpc) is 2.46. The van der Waals surface area contributed by atoms with E-state index in [1.54, 1.807) is 12.1 Å². The molecule has 8 heteroatoms. The number of sulfonamides is 1. The monoisotopic (exact) mass is 317 g/mol. The van der Waals surface area contributed by atoms with Crippen LogP contribution >= 0.6 is 11.6 Å². The normalized spacial score (nSPS) is 20.6. The molecule has 110 valence electrons. The average molecular weight is 318 g/mol. The Morgan fingerprint density at radius 2 is 2.25 bits per heavy atom. The second-order valence-electron chi connectivity index (χ2n) is 4.41. The molecule has 1 fully saturated rings. The van der Waals surface area contributed by atoms with Crippen LogP contribution in [0.5, 0.6) is 0 Å². The molecule has 2 N–H and O–H groups in total. The Morgan fingerprint density at radius 3 is 2.90 bits per heavy atom. The summed E-state index contributed by atoms with van der Waals surface area (Å²) in [7, 11) is -2.25. The van der Waals surface area contributed by atoms with Crippen LogP contribution in [0.15, 0.2) is 29.2 Å². The molecule has 2 rings (SSSR count). The Bertz CT molecular complexity index is 606. The van der Waals surface area contributed by atoms with E-state index >= 15 is 0 Å². The van der Waals surface area contributed by atoms with E-state index in [9.17, 15) is 13.2 Å². The Kier molecular flexibility index (Phi) is 4.64. The lowest BCUT2D eigenvalue weighted by Crippen LogP contribution is -2.59. The minimum Gasteiger partial charge on any atom is -0.358 e. The molecule has 1 heterocycles. The zero-order chi connectivity index (χ0) is 14.8. The highest BCUT2D eigenvalue weighted by Gasteiger charge is 2.37. The van der Waals surface area contributed by atoms with Gasteiger partial charge in [0.15, 0.2) is 0 Å². The number of benzene rings is 1. The quantitative estimate of drug-likeness (QED) is 0.825. The molecule has 0 aliphatic carbocycles. The number of halogens is 1. The van der Waals surface area contributed by atoms with Crippen LogP contribution in [-0.4, -0.2) is 51.4 Å². The first kappa shape index (κ1) is 15.2. The fourth-order valence-electron chi connectivity index (χ4n) is 2.13. The van der Waals surface area contributed by atoms with Gasteiger partial charge in [-0.3, -0.25) is 4.79 Å². The maximum Gasteiger partial charge on any atom is 0.243 e. The molecule has 0 bridgehead atoms. The van der Waals surface area contributed by atoms with Gasteiger partial charge in [0.2, 0.25) is 15.9 Å². The molecule has 1 aliphatic heterocycles. The van der Waals surface area contributed by atoms with Crippen molar-refractivity contribution in [2.45, 2.75) is 10.9 Å². The van der Waals surface area contributed by atoms with Crippen LogP contribution in [0, 0.1) is 0 Å². The van der Waals surface area contributed by atoms with E-state index in [-0.39, 0.29) is 17.3 Å². The number of carbonyl (C=O) groups is 1. The smallest absolute Gasteiger partial charge is 0.243 e. The van der Waals surface area contributed by atoms with Gasteiger partial charge >= 0.3 is 0 Å². The first-order chi connectivity index (χ1) is 9.46. The Hall–Kier alpha value is -1.15. The number of rotatable bonds is 3. The SMILES string of the molecule is CNC(=O)C1CNCCN1S(=O)(=O)c1cccc(Cl)c1. The Morgan fingerprint density at radius 1 is 1.50 bits per heavy atom. The van der Waals surface area contributed by atoms with Crippen LogP contribution in [-0.2, 0) is 14.8 Å². The third-order valence-corrected chi connectivity index (χ3v) is 5.29. The summed E-state index contributed by atoms with van der Waals surface area (Å²) in [5, 5.41) is 5.86. The van der Waals surface area contributed by atoms with Crippen molar-refractivity contribution in [3.63, 3.8) is 0 Å². The van der Waals surface area contributed by atoms with Gasteiger partial charge in [0.05, 0.1) is 4.90 Å². The molecule has 20 heavy (non-hydrogen) atoms. The summed E-state index contributed by atoms with van der Waals surface area (Å²) < 4.78 is 26.5. The molecule has 0 radical (unpaired) electrons. The molecule has 1 aromatic carbocycles. The molecule has 1 amide bonds. The number of piperazine rings is 1. The predicted molar refractivity (Wildman–Crippen MR) is 76.1 cm³/mol. The fraction of sp³-hybridized carbons (Fsp3) is 0.417. The lowest BCUT2D eigenvalue weighted by atomic mass is 10.2. The van der Waals surface area contributed by atoms with E-state index in [0.29, 0.717) is 18.1 Å². The summed E-state index contributed by atoms with van der Waals surface area (Å²) in [6.07, 6.45) is 0. The van der Waals surface area contributed by atoms with Gasteiger partial charge in [0, 0.05) is 31.7 Å². The molecule has 0 saturated carbocycles. The number of carbonyl (C=O) groups excluding carboxylic acids is 1. The topological polar surface area (TPSA) is 78.5 Å². The third-order valence-electron chi connectivity index (χ3n) is 3.15. The van der Waals surface area contributed by atoms with E-state index in [0.717, 1.165) is 0 Å². The van der Waals surface area contributed by atoms with E-state index < -0.39 is 16.1 Å². The van der Waals surface area contributed by atoms with Crippen molar-refractivity contribution in [3.8, 4) is 0 Å². The lowest BCUT2D eigenvalue weighted by Gasteiger charge is -2.33. The van der Waals surface area contributed by atoms with Gasteiger partial charge in [-0.05, 0) is 18.2 Å². The number of hydrogen-bond acceptors (Lipinski definition) is 4. The van der Waals surface area contributed by atoms with Crippen molar-refractivity contribution in [1.82, 2.24) is 14.9 Å². The van der Waals surface area contributed by atoms with Crippen LogP contribution in [0.3, 0.4) is 0 Å². The Labute approximate surface area is 123 Å². The molecule has 1 unspecified atom stereocenters. The Balaban J connectivity index is 2.38. The van der Waals surface area contributed by atoms with Gasteiger partial charge in [0.1, 0.15) is 6.04 Å². The molecule has 1 atom stereocenters. The van der Waals surface area contributed by atoms with Gasteiger partial charge < -0.3 is 10.6 Å². The number of nitrogens with zero attached hydrogens (tertiary/aromatic N) is 1. The van der Waals surface area contributed by atoms with Crippen molar-refractivity contribution >= 4 is 27.5 Å². The van der Waals surface area contributed by atoms with E-state index in [4.69, 9.17) is 11.6 Å². The number of amides is 1. The van der Waals surface area contributed by atoms with Crippen LogP contribution < -0.4 is 10.6 Å². The van der Waals surface area contributed by atoms with Gasteiger partial charge in [-0.25, -0.2) is 8.42 Å². The number of nitrogens with one attached hydrogen (secondary N) is 2. The van der Waals surface area contributed by atoms with E-state index in [1.807, 2.05) is 0 Å². The highest BCUT2D eigenvalue weighted by atomic mass is 35.5. The highest BCUT2D eigenvalue weighted by molar-refractivity contribution is 7.89. The van der Waals surface area contributed by atoms with Crippen LogP contribution in [0.1, 0.15) is 0 Å². The number of hydrogen-bond donors (Lipinski definition) is 2. The van der Waals surface area contributed by atoms with Crippen LogP contribution in [0.2, 0.25) is 5.02 Å². The van der Waals surface area contributed by atoms with Gasteiger partial charge in [0.25, 0.3) is 0 Å². The van der Waals surface area contributed by atoms with Gasteiger partial charge in [-0.2, -0.15) is 4.31 Å². The van der Waals surface area contributed by atoms with Crippen molar-refractivity contribution in [1.29, 1.82) is 0 Å². The second-order valence-corrected chi connectivity index (χ2v) is 6.73. The zero-order valence-corrected chi connectivity index (χ0v) is 12.5. The highest BCUT2D eigenvalue weighted by Crippen LogP contribution is 2.22. The minimum atomic E-state index is -3.74. The van der Waals surface area contributed by atoms with E-state index in [1.165, 1.54) is 23.5 Å². The first-order valence-corrected chi connectivity index (χ1v) is 7.98. The summed E-state index contributed by atoms with van der Waals surface area (Å²) in [5.74, 6) is -0.331. The van der Waals surface area contributed by atoms with Crippen molar-refractivity contribution in [2.24, 2.45) is 0 Å². The van der Waals surface area contributed by atoms with Crippen molar-refractivity contribution in [2.75, 3.05) is 26.7 Å². The summed E-state index contributed by atoms with van der Waals surface area (Å²) in [6, 6.07) is 5.29. The van der Waals surface area contributed by atoms with Crippen molar-refractivity contribution in [3.05, 3.63) is 29.3 Å². The molecule has 1 aromatic rings. The largest absolute Gasteiger partial charge is 0.358 e. The fourth-order valence-corrected chi connectivity index (χ4v) is 4.02. The maximum absolute atomic E-state index is 12.6. The maximum atomic E-state index is 12.6. The predicted octanol–water partition coefficient (Wildman–Crippen LogP) is 0.0485. The molecule has 0 aromatic heterocycles. The first-order valence-electron chi connectivity index (χ1n) is 6.16. The molecule has 1 saturated heterocycles. The van der Waals surface area contributed by atoms with E-state index in [2.05, 4.69) is 10.6 Å². The minimum absolute atomic E-state index is 0.0980. The standard InChI is InChI=1S/C12H16ClN3O3S/c1-14-12(17)11-8-15-5-6-16(11)20(18,19)10-4-2-3-9(13)7-10/h2-4,7,11,15H,5-6,8H2,1H3,(H,14,17). The molecule has 1 aliphatic rings. The zero-order valence-electron chi connectivity index (χ0n) is 11.0. The number of likely N-dealkylation sites (N-methyl/N-ethyl adjacent to an activating group) is 1. The summed E-state index contributed by atoms with van der Waals surface area (Å²) in [4.78, 5) is 11.9. The van der Waals surface area contributed by atoms with Crippen LogP contribution in [0.4, 0.5) is 0 Å². The second kappa shape index (κ2) is 6.09. The van der Waals surface area contributed by atoms with Crippen molar-refractivity contribution < 1.29 is 13.2 Å². The molecule has 6 nitrogen and oxygen atoms in total. The molecular weight excluding hydrogens is 302 g/mol. The summed E-state index contributed by atoms with van der Waals surface area (Å²) >= 11 is 5.84. The van der Waals surface area contributed by atoms with Crippen LogP contribution in [0.25, 0.3) is 0 Å². The summed E-state index contributed by atoms with van der Waals surface area (Å²) in [5.41, 5.74) is 0. The van der Waals surface area contributed by atoms with Gasteiger partial charge in [-0.15, -0.1) is 0 Å². The van der Waals surface area contributed by atoms with Gasteiger partial charge in [-0.1, -0.05) is 17.7 Å². The molecular formula is C12H16ClN3O3S.